The fourth-order valence-corrected chi connectivity index (χ4v) is 3.76. The molecule has 0 aliphatic rings. The van der Waals surface area contributed by atoms with Gasteiger partial charge in [0.25, 0.3) is 5.91 Å². The molecule has 33 heavy (non-hydrogen) atoms. The number of amides is 2. The Bertz CT molecular complexity index is 1290. The van der Waals surface area contributed by atoms with Crippen molar-refractivity contribution in [1.29, 1.82) is 0 Å². The lowest BCUT2D eigenvalue weighted by molar-refractivity contribution is -0.119. The van der Waals surface area contributed by atoms with Gasteiger partial charge in [-0.15, -0.1) is 0 Å². The zero-order valence-corrected chi connectivity index (χ0v) is 18.8. The lowest BCUT2D eigenvalue weighted by Crippen LogP contribution is -2.27. The van der Waals surface area contributed by atoms with Gasteiger partial charge in [-0.2, -0.15) is 0 Å². The molecule has 0 aliphatic heterocycles. The number of carbonyl (C=O) groups excluding carboxylic acids is 2. The second kappa shape index (κ2) is 9.62. The van der Waals surface area contributed by atoms with Gasteiger partial charge < -0.3 is 19.5 Å². The molecule has 168 valence electrons. The van der Waals surface area contributed by atoms with Crippen molar-refractivity contribution in [3.05, 3.63) is 78.1 Å². The minimum absolute atomic E-state index is 0.0946. The molecular formula is C25H25N5O3. The Morgan fingerprint density at radius 1 is 1.09 bits per heavy atom. The summed E-state index contributed by atoms with van der Waals surface area (Å²) in [7, 11) is 5.07. The lowest BCUT2D eigenvalue weighted by atomic mass is 10.1. The maximum absolute atomic E-state index is 13.2. The Labute approximate surface area is 191 Å². The predicted molar refractivity (Wildman–Crippen MR) is 127 cm³/mol. The third kappa shape index (κ3) is 4.75. The SMILES string of the molecule is COCC(=O)Nc1cc(C(=O)N(C)Cc2ccccn2)cc2nc(-c3ccccc3)n(C)c12. The van der Waals surface area contributed by atoms with Gasteiger partial charge in [0, 0.05) is 38.5 Å². The van der Waals surface area contributed by atoms with Crippen molar-refractivity contribution in [3.63, 3.8) is 0 Å². The molecule has 0 saturated carbocycles. The quantitative estimate of drug-likeness (QED) is 0.472. The van der Waals surface area contributed by atoms with Crippen LogP contribution in [0.5, 0.6) is 0 Å². The van der Waals surface area contributed by atoms with Crippen LogP contribution in [0.4, 0.5) is 5.69 Å². The number of pyridine rings is 1. The summed E-state index contributed by atoms with van der Waals surface area (Å²) in [6, 6.07) is 18.8. The topological polar surface area (TPSA) is 89.3 Å². The maximum Gasteiger partial charge on any atom is 0.254 e. The first-order chi connectivity index (χ1) is 16.0. The minimum Gasteiger partial charge on any atom is -0.375 e. The molecule has 2 amide bonds. The Kier molecular flexibility index (Phi) is 6.46. The summed E-state index contributed by atoms with van der Waals surface area (Å²) < 4.78 is 6.87. The molecule has 8 heteroatoms. The number of imidazole rings is 1. The van der Waals surface area contributed by atoms with E-state index in [4.69, 9.17) is 9.72 Å². The molecule has 0 spiro atoms. The van der Waals surface area contributed by atoms with Crippen LogP contribution < -0.4 is 5.32 Å². The lowest BCUT2D eigenvalue weighted by Gasteiger charge is -2.18. The molecule has 0 aliphatic carbocycles. The number of aryl methyl sites for hydroxylation is 1. The van der Waals surface area contributed by atoms with E-state index >= 15 is 0 Å². The van der Waals surface area contributed by atoms with Crippen molar-refractivity contribution in [1.82, 2.24) is 19.4 Å². The summed E-state index contributed by atoms with van der Waals surface area (Å²) in [6.45, 7) is 0.267. The van der Waals surface area contributed by atoms with E-state index in [9.17, 15) is 9.59 Å². The molecule has 0 saturated heterocycles. The molecule has 0 fully saturated rings. The number of hydrogen-bond acceptors (Lipinski definition) is 5. The van der Waals surface area contributed by atoms with Crippen molar-refractivity contribution in [3.8, 4) is 11.4 Å². The van der Waals surface area contributed by atoms with E-state index in [2.05, 4.69) is 10.3 Å². The molecule has 0 radical (unpaired) electrons. The third-order valence-electron chi connectivity index (χ3n) is 5.27. The summed E-state index contributed by atoms with van der Waals surface area (Å²) in [4.78, 5) is 36.2. The highest BCUT2D eigenvalue weighted by Crippen LogP contribution is 2.30. The molecule has 8 nitrogen and oxygen atoms in total. The van der Waals surface area contributed by atoms with Gasteiger partial charge in [-0.1, -0.05) is 36.4 Å². The maximum atomic E-state index is 13.2. The summed E-state index contributed by atoms with van der Waals surface area (Å²) >= 11 is 0. The van der Waals surface area contributed by atoms with E-state index in [1.807, 2.05) is 60.1 Å². The Morgan fingerprint density at radius 3 is 2.55 bits per heavy atom. The number of fused-ring (bicyclic) bond motifs is 1. The molecule has 0 bridgehead atoms. The van der Waals surface area contributed by atoms with Gasteiger partial charge in [-0.25, -0.2) is 4.98 Å². The second-order valence-electron chi connectivity index (χ2n) is 7.72. The first-order valence-electron chi connectivity index (χ1n) is 10.5. The summed E-state index contributed by atoms with van der Waals surface area (Å²) in [5, 5.41) is 2.87. The highest BCUT2D eigenvalue weighted by Gasteiger charge is 2.20. The molecule has 0 unspecified atom stereocenters. The van der Waals surface area contributed by atoms with Crippen molar-refractivity contribution >= 4 is 28.5 Å². The Balaban J connectivity index is 1.77. The largest absolute Gasteiger partial charge is 0.375 e. The first kappa shape index (κ1) is 22.2. The zero-order chi connectivity index (χ0) is 23.4. The summed E-state index contributed by atoms with van der Waals surface area (Å²) in [5.74, 6) is 0.226. The number of ether oxygens (including phenoxy) is 1. The van der Waals surface area contributed by atoms with Crippen molar-refractivity contribution in [2.24, 2.45) is 7.05 Å². The Morgan fingerprint density at radius 2 is 1.85 bits per heavy atom. The van der Waals surface area contributed by atoms with E-state index in [1.165, 1.54) is 7.11 Å². The van der Waals surface area contributed by atoms with Crippen molar-refractivity contribution in [2.45, 2.75) is 6.54 Å². The molecule has 2 aromatic heterocycles. The molecule has 0 atom stereocenters. The van der Waals surface area contributed by atoms with E-state index in [1.54, 1.807) is 30.3 Å². The van der Waals surface area contributed by atoms with Crippen molar-refractivity contribution in [2.75, 3.05) is 26.1 Å². The number of carbonyl (C=O) groups is 2. The fraction of sp³-hybridized carbons (Fsp3) is 0.200. The highest BCUT2D eigenvalue weighted by molar-refractivity contribution is 6.06. The number of nitrogens with zero attached hydrogens (tertiary/aromatic N) is 4. The average Bonchev–Trinajstić information content (AvgIpc) is 3.16. The molecule has 4 aromatic rings. The van der Waals surface area contributed by atoms with Crippen LogP contribution in [-0.2, 0) is 23.1 Å². The number of methoxy groups -OCH3 is 1. The number of rotatable bonds is 7. The highest BCUT2D eigenvalue weighted by atomic mass is 16.5. The number of hydrogen-bond donors (Lipinski definition) is 1. The predicted octanol–water partition coefficient (Wildman–Crippen LogP) is 3.49. The van der Waals surface area contributed by atoms with Crippen LogP contribution >= 0.6 is 0 Å². The van der Waals surface area contributed by atoms with Crippen LogP contribution in [-0.4, -0.2) is 52.0 Å². The van der Waals surface area contributed by atoms with Crippen LogP contribution in [0.1, 0.15) is 16.1 Å². The monoisotopic (exact) mass is 443 g/mol. The van der Waals surface area contributed by atoms with Crippen LogP contribution in [0.3, 0.4) is 0 Å². The van der Waals surface area contributed by atoms with Gasteiger partial charge in [-0.05, 0) is 24.3 Å². The number of benzene rings is 2. The van der Waals surface area contributed by atoms with Gasteiger partial charge in [0.1, 0.15) is 12.4 Å². The molecule has 1 N–H and O–H groups in total. The standard InChI is InChI=1S/C25H25N5O3/c1-29(15-19-11-7-8-12-26-19)25(32)18-13-20(27-22(31)16-33-3)23-21(14-18)28-24(30(23)2)17-9-5-4-6-10-17/h4-14H,15-16H2,1-3H3,(H,27,31). The van der Waals surface area contributed by atoms with Gasteiger partial charge in [0.15, 0.2) is 0 Å². The molecule has 2 heterocycles. The van der Waals surface area contributed by atoms with Crippen LogP contribution in [0.2, 0.25) is 0 Å². The fourth-order valence-electron chi connectivity index (χ4n) is 3.76. The molecule has 4 rings (SSSR count). The smallest absolute Gasteiger partial charge is 0.254 e. The summed E-state index contributed by atoms with van der Waals surface area (Å²) in [5.41, 5.74) is 3.98. The minimum atomic E-state index is -0.312. The van der Waals surface area contributed by atoms with Crippen molar-refractivity contribution < 1.29 is 14.3 Å². The van der Waals surface area contributed by atoms with Crippen LogP contribution in [0.25, 0.3) is 22.4 Å². The number of nitrogens with one attached hydrogen (secondary N) is 1. The van der Waals surface area contributed by atoms with Crippen LogP contribution in [0, 0.1) is 0 Å². The van der Waals surface area contributed by atoms with E-state index in [0.29, 0.717) is 23.3 Å². The van der Waals surface area contributed by atoms with E-state index in [0.717, 1.165) is 22.6 Å². The van der Waals surface area contributed by atoms with E-state index in [-0.39, 0.29) is 18.4 Å². The van der Waals surface area contributed by atoms with E-state index < -0.39 is 0 Å². The molecule has 2 aromatic carbocycles. The van der Waals surface area contributed by atoms with Crippen LogP contribution in [0.15, 0.2) is 66.9 Å². The zero-order valence-electron chi connectivity index (χ0n) is 18.8. The average molecular weight is 444 g/mol. The molecular weight excluding hydrogens is 418 g/mol. The first-order valence-corrected chi connectivity index (χ1v) is 10.5. The van der Waals surface area contributed by atoms with Gasteiger partial charge in [-0.3, -0.25) is 14.6 Å². The van der Waals surface area contributed by atoms with Gasteiger partial charge >= 0.3 is 0 Å². The second-order valence-corrected chi connectivity index (χ2v) is 7.72. The Hall–Kier alpha value is -4.04. The van der Waals surface area contributed by atoms with Gasteiger partial charge in [0.05, 0.1) is 29.0 Å². The third-order valence-corrected chi connectivity index (χ3v) is 5.27. The number of anilines is 1. The number of aromatic nitrogens is 3. The normalized spacial score (nSPS) is 10.9. The van der Waals surface area contributed by atoms with Gasteiger partial charge in [0.2, 0.25) is 5.91 Å². The summed E-state index contributed by atoms with van der Waals surface area (Å²) in [6.07, 6.45) is 1.70.